The van der Waals surface area contributed by atoms with Crippen molar-refractivity contribution in [3.63, 3.8) is 0 Å². The maximum Gasteiger partial charge on any atom is 0.123 e. The maximum absolute atomic E-state index is 13.0. The molecule has 2 aromatic rings. The highest BCUT2D eigenvalue weighted by Gasteiger charge is 2.14. The Morgan fingerprint density at radius 1 is 1.13 bits per heavy atom. The van der Waals surface area contributed by atoms with E-state index in [0.29, 0.717) is 19.7 Å². The molecule has 23 heavy (non-hydrogen) atoms. The van der Waals surface area contributed by atoms with Crippen molar-refractivity contribution in [3.05, 3.63) is 58.0 Å². The molecule has 1 heterocycles. The first kappa shape index (κ1) is 18.1. The highest BCUT2D eigenvalue weighted by Crippen LogP contribution is 2.14. The summed E-state index contributed by atoms with van der Waals surface area (Å²) >= 11 is 1.66. The molecule has 2 rings (SSSR count). The standard InChI is InChI=1S/C18H24FNO2S/c1-14(2)22-12-18(21)11-20(10-16-7-8-23-13-16)9-15-3-5-17(19)6-4-15/h3-8,13-14,18,21H,9-12H2,1-2H3/t18-/m1/s1. The van der Waals surface area contributed by atoms with Gasteiger partial charge in [0.15, 0.2) is 0 Å². The van der Waals surface area contributed by atoms with Crippen LogP contribution in [0.1, 0.15) is 25.0 Å². The fourth-order valence-electron chi connectivity index (χ4n) is 2.33. The molecule has 3 nitrogen and oxygen atoms in total. The van der Waals surface area contributed by atoms with Gasteiger partial charge in [0.2, 0.25) is 0 Å². The van der Waals surface area contributed by atoms with Gasteiger partial charge in [-0.05, 0) is 53.9 Å². The molecule has 1 aromatic carbocycles. The topological polar surface area (TPSA) is 32.7 Å². The molecule has 0 saturated carbocycles. The summed E-state index contributed by atoms with van der Waals surface area (Å²) in [5.74, 6) is -0.233. The van der Waals surface area contributed by atoms with E-state index in [1.54, 1.807) is 23.5 Å². The van der Waals surface area contributed by atoms with Crippen molar-refractivity contribution in [1.29, 1.82) is 0 Å². The molecule has 1 atom stereocenters. The number of halogens is 1. The van der Waals surface area contributed by atoms with E-state index in [1.165, 1.54) is 17.7 Å². The number of ether oxygens (including phenoxy) is 1. The van der Waals surface area contributed by atoms with E-state index in [1.807, 2.05) is 19.2 Å². The van der Waals surface area contributed by atoms with Crippen molar-refractivity contribution in [3.8, 4) is 0 Å². The summed E-state index contributed by atoms with van der Waals surface area (Å²) in [5, 5.41) is 14.3. The summed E-state index contributed by atoms with van der Waals surface area (Å²) in [6.07, 6.45) is -0.441. The Balaban J connectivity index is 1.97. The zero-order chi connectivity index (χ0) is 16.7. The number of hydrogen-bond donors (Lipinski definition) is 1. The van der Waals surface area contributed by atoms with Crippen LogP contribution in [0.4, 0.5) is 4.39 Å². The van der Waals surface area contributed by atoms with Crippen molar-refractivity contribution in [2.75, 3.05) is 13.2 Å². The second kappa shape index (κ2) is 9.13. The van der Waals surface area contributed by atoms with Gasteiger partial charge < -0.3 is 9.84 Å². The number of rotatable bonds is 9. The smallest absolute Gasteiger partial charge is 0.123 e. The Kier molecular flexibility index (Phi) is 7.17. The molecule has 0 amide bonds. The number of thiophene rings is 1. The first-order chi connectivity index (χ1) is 11.0. The van der Waals surface area contributed by atoms with Crippen molar-refractivity contribution in [1.82, 2.24) is 4.90 Å². The van der Waals surface area contributed by atoms with Crippen LogP contribution >= 0.6 is 11.3 Å². The number of nitrogens with zero attached hydrogens (tertiary/aromatic N) is 1. The third kappa shape index (κ3) is 6.79. The Labute approximate surface area is 141 Å². The molecule has 0 unspecified atom stereocenters. The van der Waals surface area contributed by atoms with Gasteiger partial charge in [-0.2, -0.15) is 11.3 Å². The second-order valence-corrected chi connectivity index (χ2v) is 6.74. The van der Waals surface area contributed by atoms with E-state index in [4.69, 9.17) is 4.74 Å². The fraction of sp³-hybridized carbons (Fsp3) is 0.444. The van der Waals surface area contributed by atoms with Gasteiger partial charge >= 0.3 is 0 Å². The van der Waals surface area contributed by atoms with E-state index < -0.39 is 6.10 Å². The molecule has 0 aliphatic carbocycles. The van der Waals surface area contributed by atoms with Crippen LogP contribution in [-0.4, -0.2) is 35.4 Å². The lowest BCUT2D eigenvalue weighted by atomic mass is 10.2. The molecule has 0 aliphatic heterocycles. The van der Waals surface area contributed by atoms with Crippen LogP contribution in [0.3, 0.4) is 0 Å². The van der Waals surface area contributed by atoms with Gasteiger partial charge in [0.05, 0.1) is 18.8 Å². The summed E-state index contributed by atoms with van der Waals surface area (Å²) in [7, 11) is 0. The SMILES string of the molecule is CC(C)OC[C@H](O)CN(Cc1ccc(F)cc1)Cc1ccsc1. The van der Waals surface area contributed by atoms with Crippen molar-refractivity contribution in [2.45, 2.75) is 39.1 Å². The second-order valence-electron chi connectivity index (χ2n) is 5.96. The molecule has 0 fully saturated rings. The van der Waals surface area contributed by atoms with Crippen LogP contribution in [0.5, 0.6) is 0 Å². The fourth-order valence-corrected chi connectivity index (χ4v) is 2.99. The van der Waals surface area contributed by atoms with Gasteiger partial charge in [-0.25, -0.2) is 4.39 Å². The van der Waals surface area contributed by atoms with Crippen LogP contribution in [-0.2, 0) is 17.8 Å². The molecule has 1 aromatic heterocycles. The van der Waals surface area contributed by atoms with Gasteiger partial charge in [0, 0.05) is 19.6 Å². The Bertz CT molecular complexity index is 557. The summed E-state index contributed by atoms with van der Waals surface area (Å²) in [5.41, 5.74) is 2.24. The van der Waals surface area contributed by atoms with E-state index in [-0.39, 0.29) is 11.9 Å². The maximum atomic E-state index is 13.0. The Morgan fingerprint density at radius 2 is 1.83 bits per heavy atom. The molecule has 0 spiro atoms. The monoisotopic (exact) mass is 337 g/mol. The summed E-state index contributed by atoms with van der Waals surface area (Å²) in [6.45, 7) is 6.15. The number of aliphatic hydroxyl groups is 1. The van der Waals surface area contributed by atoms with Crippen molar-refractivity contribution < 1.29 is 14.2 Å². The predicted molar refractivity (Wildman–Crippen MR) is 91.9 cm³/mol. The highest BCUT2D eigenvalue weighted by molar-refractivity contribution is 7.07. The van der Waals surface area contributed by atoms with E-state index in [9.17, 15) is 9.50 Å². The number of benzene rings is 1. The summed E-state index contributed by atoms with van der Waals surface area (Å²) in [4.78, 5) is 2.16. The van der Waals surface area contributed by atoms with E-state index >= 15 is 0 Å². The van der Waals surface area contributed by atoms with Gasteiger partial charge in [-0.3, -0.25) is 4.90 Å². The molecular weight excluding hydrogens is 313 g/mol. The van der Waals surface area contributed by atoms with Gasteiger partial charge in [0.1, 0.15) is 5.82 Å². The molecule has 0 radical (unpaired) electrons. The quantitative estimate of drug-likeness (QED) is 0.758. The average Bonchev–Trinajstić information content (AvgIpc) is 3.00. The van der Waals surface area contributed by atoms with Gasteiger partial charge in [0.25, 0.3) is 0 Å². The molecule has 5 heteroatoms. The van der Waals surface area contributed by atoms with E-state index in [2.05, 4.69) is 16.3 Å². The highest BCUT2D eigenvalue weighted by atomic mass is 32.1. The molecule has 0 aliphatic rings. The van der Waals surface area contributed by atoms with Gasteiger partial charge in [-0.1, -0.05) is 12.1 Å². The molecule has 0 bridgehead atoms. The van der Waals surface area contributed by atoms with Crippen LogP contribution in [0.15, 0.2) is 41.1 Å². The van der Waals surface area contributed by atoms with Gasteiger partial charge in [-0.15, -0.1) is 0 Å². The zero-order valence-electron chi connectivity index (χ0n) is 13.6. The molecule has 1 N–H and O–H groups in total. The average molecular weight is 337 g/mol. The minimum Gasteiger partial charge on any atom is -0.389 e. The molecule has 0 saturated heterocycles. The lowest BCUT2D eigenvalue weighted by Crippen LogP contribution is -2.34. The first-order valence-corrected chi connectivity index (χ1v) is 8.74. The minimum atomic E-state index is -0.545. The lowest BCUT2D eigenvalue weighted by Gasteiger charge is -2.25. The number of aliphatic hydroxyl groups excluding tert-OH is 1. The largest absolute Gasteiger partial charge is 0.389 e. The number of hydrogen-bond acceptors (Lipinski definition) is 4. The third-order valence-corrected chi connectivity index (χ3v) is 4.13. The lowest BCUT2D eigenvalue weighted by molar-refractivity contribution is -0.0106. The van der Waals surface area contributed by atoms with Crippen molar-refractivity contribution >= 4 is 11.3 Å². The van der Waals surface area contributed by atoms with Crippen LogP contribution in [0, 0.1) is 5.82 Å². The summed E-state index contributed by atoms with van der Waals surface area (Å²) in [6, 6.07) is 8.59. The Morgan fingerprint density at radius 3 is 2.43 bits per heavy atom. The van der Waals surface area contributed by atoms with Crippen LogP contribution in [0.25, 0.3) is 0 Å². The zero-order valence-corrected chi connectivity index (χ0v) is 14.4. The predicted octanol–water partition coefficient (Wildman–Crippen LogP) is 3.68. The molecular formula is C18H24FNO2S. The summed E-state index contributed by atoms with van der Waals surface area (Å²) < 4.78 is 18.5. The minimum absolute atomic E-state index is 0.104. The van der Waals surface area contributed by atoms with Crippen LogP contribution in [0.2, 0.25) is 0 Å². The molecule has 126 valence electrons. The van der Waals surface area contributed by atoms with Crippen LogP contribution < -0.4 is 0 Å². The normalized spacial score (nSPS) is 13.0. The Hall–Kier alpha value is -1.27. The third-order valence-electron chi connectivity index (χ3n) is 3.40. The first-order valence-electron chi connectivity index (χ1n) is 7.80. The van der Waals surface area contributed by atoms with Crippen molar-refractivity contribution in [2.24, 2.45) is 0 Å². The van der Waals surface area contributed by atoms with E-state index in [0.717, 1.165) is 12.1 Å².